The molecule has 0 bridgehead atoms. The third kappa shape index (κ3) is 8.38. The molecule has 4 aromatic rings. The number of methoxy groups -OCH3 is 1. The van der Waals surface area contributed by atoms with Crippen LogP contribution in [0.3, 0.4) is 0 Å². The van der Waals surface area contributed by atoms with E-state index in [9.17, 15) is 19.2 Å². The number of allylic oxidation sites excluding steroid dienone is 3. The Morgan fingerprint density at radius 2 is 1.70 bits per heavy atom. The minimum atomic E-state index is -0.671. The SMILES string of the molecule is COC(=O)NC(C(=O)C1CC(c2ncc(-c3ccc4c(c3)cc3n4COC4=C3CCC(c3cnc(C5CCCN5C(=O)C(N)C(C)C)[nH]3)=C4)[nH]2)CCCC1C)C1CCN(C(C)=O)CC1. The number of alkyl carbamates (subject to hydrolysis) is 1. The summed E-state index contributed by atoms with van der Waals surface area (Å²) in [6.45, 7) is 9.94. The number of fused-ring (bicyclic) bond motifs is 4. The molecule has 3 amide bonds. The molecule has 9 rings (SSSR count). The van der Waals surface area contributed by atoms with Crippen LogP contribution in [0.25, 0.3) is 33.3 Å². The number of hydrogen-bond acceptors (Lipinski definition) is 9. The molecule has 5 aliphatic rings. The number of imidazole rings is 2. The number of amides is 3. The number of carbonyl (C=O) groups is 4. The van der Waals surface area contributed by atoms with Gasteiger partial charge in [-0.15, -0.1) is 0 Å². The molecule has 15 nitrogen and oxygen atoms in total. The Bertz CT molecular complexity index is 2490. The summed E-state index contributed by atoms with van der Waals surface area (Å²) in [5.41, 5.74) is 13.8. The number of hydrogen-bond donors (Lipinski definition) is 4. The fraction of sp³-hybridized carbons (Fsp3) is 0.551. The number of H-pyrrole nitrogens is 2. The molecule has 0 radical (unpaired) electrons. The van der Waals surface area contributed by atoms with Gasteiger partial charge in [-0.05, 0) is 105 Å². The van der Waals surface area contributed by atoms with E-state index in [1.165, 1.54) is 12.7 Å². The van der Waals surface area contributed by atoms with Gasteiger partial charge in [0.15, 0.2) is 12.5 Å². The number of rotatable bonds is 10. The highest BCUT2D eigenvalue weighted by atomic mass is 16.5. The number of aromatic amines is 2. The number of ether oxygens (including phenoxy) is 2. The molecule has 340 valence electrons. The van der Waals surface area contributed by atoms with Crippen molar-refractivity contribution < 1.29 is 28.7 Å². The van der Waals surface area contributed by atoms with Crippen molar-refractivity contribution in [2.45, 2.75) is 123 Å². The van der Waals surface area contributed by atoms with Crippen molar-refractivity contribution in [1.82, 2.24) is 39.6 Å². The second-order valence-corrected chi connectivity index (χ2v) is 19.1. The summed E-state index contributed by atoms with van der Waals surface area (Å²) < 4.78 is 13.6. The molecule has 6 unspecified atom stereocenters. The Kier molecular flexibility index (Phi) is 12.3. The molecule has 2 saturated heterocycles. The molecule has 6 atom stereocenters. The van der Waals surface area contributed by atoms with Crippen LogP contribution < -0.4 is 11.1 Å². The summed E-state index contributed by atoms with van der Waals surface area (Å²) in [5.74, 6) is 2.61. The lowest BCUT2D eigenvalue weighted by molar-refractivity contribution is -0.135. The van der Waals surface area contributed by atoms with Gasteiger partial charge in [0.1, 0.15) is 17.4 Å². The maximum Gasteiger partial charge on any atom is 0.407 e. The molecule has 1 saturated carbocycles. The van der Waals surface area contributed by atoms with E-state index in [2.05, 4.69) is 57.1 Å². The van der Waals surface area contributed by atoms with Gasteiger partial charge in [-0.2, -0.15) is 0 Å². The zero-order valence-electron chi connectivity index (χ0n) is 37.8. The maximum atomic E-state index is 14.5. The lowest BCUT2D eigenvalue weighted by atomic mass is 9.76. The van der Waals surface area contributed by atoms with Gasteiger partial charge in [-0.1, -0.05) is 33.3 Å². The number of Topliss-reactive ketones (excluding diaryl/α,β-unsaturated/α-hetero) is 1. The van der Waals surface area contributed by atoms with Crippen LogP contribution in [0.5, 0.6) is 0 Å². The molecule has 1 aromatic carbocycles. The van der Waals surface area contributed by atoms with Crippen LogP contribution in [0.4, 0.5) is 4.79 Å². The smallest absolute Gasteiger partial charge is 0.407 e. The summed E-state index contributed by atoms with van der Waals surface area (Å²) in [6.07, 6.45) is 13.5. The number of carbonyl (C=O) groups excluding carboxylic acids is 4. The lowest BCUT2D eigenvalue weighted by Gasteiger charge is -2.37. The summed E-state index contributed by atoms with van der Waals surface area (Å²) in [6, 6.07) is 7.47. The number of nitrogens with two attached hydrogens (primary N) is 1. The number of nitrogens with zero attached hydrogens (tertiary/aromatic N) is 5. The Morgan fingerprint density at radius 3 is 2.47 bits per heavy atom. The molecule has 0 spiro atoms. The highest BCUT2D eigenvalue weighted by Crippen LogP contribution is 2.43. The number of ketones is 1. The second-order valence-electron chi connectivity index (χ2n) is 19.1. The maximum absolute atomic E-state index is 14.5. The van der Waals surface area contributed by atoms with Gasteiger partial charge in [0.25, 0.3) is 0 Å². The number of piperidine rings is 1. The summed E-state index contributed by atoms with van der Waals surface area (Å²) >= 11 is 0. The fourth-order valence-electron chi connectivity index (χ4n) is 11.0. The van der Waals surface area contributed by atoms with E-state index in [1.807, 2.05) is 36.0 Å². The van der Waals surface area contributed by atoms with Crippen LogP contribution in [-0.2, 0) is 30.6 Å². The first-order valence-electron chi connectivity index (χ1n) is 23.4. The molecule has 64 heavy (non-hydrogen) atoms. The van der Waals surface area contributed by atoms with E-state index in [1.54, 1.807) is 6.92 Å². The van der Waals surface area contributed by atoms with E-state index < -0.39 is 18.2 Å². The zero-order chi connectivity index (χ0) is 44.8. The van der Waals surface area contributed by atoms with Crippen molar-refractivity contribution in [1.29, 1.82) is 0 Å². The van der Waals surface area contributed by atoms with E-state index in [-0.39, 0.29) is 53.2 Å². The summed E-state index contributed by atoms with van der Waals surface area (Å²) in [5, 5.41) is 4.02. The van der Waals surface area contributed by atoms with Gasteiger partial charge in [-0.25, -0.2) is 14.8 Å². The highest BCUT2D eigenvalue weighted by Gasteiger charge is 2.41. The number of likely N-dealkylation sites (tertiary alicyclic amines) is 2. The molecule has 2 aliphatic carbocycles. The Labute approximate surface area is 374 Å². The molecule has 3 aliphatic heterocycles. The topological polar surface area (TPSA) is 194 Å². The molecular formula is C49H63N9O6. The van der Waals surface area contributed by atoms with Crippen molar-refractivity contribution >= 4 is 45.7 Å². The third-order valence-electron chi connectivity index (χ3n) is 14.9. The van der Waals surface area contributed by atoms with E-state index >= 15 is 0 Å². The van der Waals surface area contributed by atoms with Crippen molar-refractivity contribution in [3.05, 3.63) is 71.5 Å². The number of nitrogens with one attached hydrogen (secondary N) is 3. The first-order valence-corrected chi connectivity index (χ1v) is 23.4. The van der Waals surface area contributed by atoms with Crippen molar-refractivity contribution in [2.75, 3.05) is 26.7 Å². The highest BCUT2D eigenvalue weighted by molar-refractivity contribution is 5.92. The fourth-order valence-corrected chi connectivity index (χ4v) is 11.0. The summed E-state index contributed by atoms with van der Waals surface area (Å²) in [7, 11) is 1.32. The zero-order valence-corrected chi connectivity index (χ0v) is 37.8. The van der Waals surface area contributed by atoms with Crippen molar-refractivity contribution in [3.63, 3.8) is 0 Å². The van der Waals surface area contributed by atoms with Crippen LogP contribution >= 0.6 is 0 Å². The molecule has 6 heterocycles. The minimum Gasteiger partial charge on any atom is -0.472 e. The van der Waals surface area contributed by atoms with Crippen LogP contribution in [0, 0.1) is 23.7 Å². The van der Waals surface area contributed by atoms with Gasteiger partial charge in [-0.3, -0.25) is 14.4 Å². The molecule has 5 N–H and O–H groups in total. The van der Waals surface area contributed by atoms with E-state index in [4.69, 9.17) is 25.2 Å². The van der Waals surface area contributed by atoms with Gasteiger partial charge in [0.2, 0.25) is 11.8 Å². The standard InChI is InChI=1S/C49H63N9O6/c1-27(2)43(50)48(61)57-17-7-10-40(57)47-52-25-38(54-47)32-11-13-35-41-22-34-20-31(12-14-39(34)58(41)26-64-42(35)23-32)37-24-51-46(53-37)33-9-6-8-28(3)36(21-33)45(60)44(55-49(62)63-5)30-15-18-56(19-16-30)29(4)59/h12,14,20,22-25,27-28,30,33,36,40,43-44H,6-11,13,15-19,21,26,50H2,1-5H3,(H,51,53)(H,52,54)(H,55,62). The average molecular weight is 874 g/mol. The first-order chi connectivity index (χ1) is 30.9. The Morgan fingerprint density at radius 1 is 0.938 bits per heavy atom. The third-order valence-corrected chi connectivity index (χ3v) is 14.9. The first kappa shape index (κ1) is 43.5. The van der Waals surface area contributed by atoms with Gasteiger partial charge < -0.3 is 44.9 Å². The predicted molar refractivity (Wildman–Crippen MR) is 243 cm³/mol. The van der Waals surface area contributed by atoms with Crippen LogP contribution in [0.1, 0.15) is 127 Å². The lowest BCUT2D eigenvalue weighted by Crippen LogP contribution is -2.52. The van der Waals surface area contributed by atoms with Crippen LogP contribution in [0.15, 0.2) is 48.5 Å². The van der Waals surface area contributed by atoms with Crippen molar-refractivity contribution in [2.24, 2.45) is 29.4 Å². The number of benzene rings is 1. The largest absolute Gasteiger partial charge is 0.472 e. The molecule has 3 fully saturated rings. The molecule has 15 heteroatoms. The molecular weight excluding hydrogens is 811 g/mol. The quantitative estimate of drug-likeness (QED) is 0.117. The van der Waals surface area contributed by atoms with Gasteiger partial charge in [0.05, 0.1) is 60.2 Å². The second kappa shape index (κ2) is 18.1. The van der Waals surface area contributed by atoms with E-state index in [0.717, 1.165) is 101 Å². The molecule has 3 aromatic heterocycles. The van der Waals surface area contributed by atoms with Gasteiger partial charge >= 0.3 is 6.09 Å². The average Bonchev–Trinajstić information content (AvgIpc) is 4.13. The van der Waals surface area contributed by atoms with Crippen LogP contribution in [0.2, 0.25) is 0 Å². The normalized spacial score (nSPS) is 23.8. The predicted octanol–water partition coefficient (Wildman–Crippen LogP) is 7.44. The van der Waals surface area contributed by atoms with Crippen molar-refractivity contribution in [3.8, 4) is 11.3 Å². The van der Waals surface area contributed by atoms with Gasteiger partial charge in [0, 0.05) is 54.9 Å². The van der Waals surface area contributed by atoms with Crippen LogP contribution in [-0.4, -0.2) is 96.8 Å². The monoisotopic (exact) mass is 873 g/mol. The number of aromatic nitrogens is 5. The summed E-state index contributed by atoms with van der Waals surface area (Å²) in [4.78, 5) is 72.9. The van der Waals surface area contributed by atoms with E-state index in [0.29, 0.717) is 45.6 Å². The Hall–Kier alpha value is -5.70. The minimum absolute atomic E-state index is 0.00951. The Balaban J connectivity index is 0.906.